The molecule has 2 fully saturated rings. The van der Waals surface area contributed by atoms with Gasteiger partial charge in [-0.2, -0.15) is 13.2 Å². The summed E-state index contributed by atoms with van der Waals surface area (Å²) < 4.78 is 51.5. The highest BCUT2D eigenvalue weighted by atomic mass is 19.4. The van der Waals surface area contributed by atoms with Crippen LogP contribution in [0.2, 0.25) is 0 Å². The van der Waals surface area contributed by atoms with E-state index < -0.39 is 17.6 Å². The number of carbonyl (C=O) groups is 1. The number of amides is 1. The topological polar surface area (TPSA) is 54.0 Å². The zero-order valence-electron chi connectivity index (χ0n) is 16.6. The monoisotopic (exact) mass is 415 g/mol. The van der Waals surface area contributed by atoms with Crippen LogP contribution in [0.15, 0.2) is 18.2 Å². The van der Waals surface area contributed by atoms with Crippen molar-refractivity contribution >= 4 is 17.3 Å². The molecule has 2 saturated heterocycles. The number of nitrogens with one attached hydrogen (secondary N) is 1. The maximum Gasteiger partial charge on any atom is 0.418 e. The largest absolute Gasteiger partial charge is 0.418 e. The molecule has 1 N–H and O–H groups in total. The molecule has 0 saturated carbocycles. The minimum atomic E-state index is -4.55. The summed E-state index contributed by atoms with van der Waals surface area (Å²) in [6.07, 6.45) is -2.58. The number of benzene rings is 1. The number of anilines is 2. The van der Waals surface area contributed by atoms with Crippen LogP contribution in [0.25, 0.3) is 0 Å². The van der Waals surface area contributed by atoms with Crippen LogP contribution in [0.1, 0.15) is 24.8 Å². The highest BCUT2D eigenvalue weighted by Gasteiger charge is 2.35. The summed E-state index contributed by atoms with van der Waals surface area (Å²) in [5.41, 5.74) is -0.537. The second kappa shape index (κ2) is 9.77. The predicted octanol–water partition coefficient (Wildman–Crippen LogP) is 2.98. The number of carbonyl (C=O) groups excluding carboxylic acids is 1. The van der Waals surface area contributed by atoms with E-state index in [1.807, 2.05) is 11.9 Å². The van der Waals surface area contributed by atoms with Crippen molar-refractivity contribution in [3.8, 4) is 0 Å². The zero-order chi connectivity index (χ0) is 20.9. The molecule has 0 aliphatic carbocycles. The number of nitrogens with zero attached hydrogens (tertiary/aromatic N) is 2. The molecule has 2 aliphatic heterocycles. The van der Waals surface area contributed by atoms with Gasteiger partial charge in [-0.3, -0.25) is 4.79 Å². The van der Waals surface area contributed by atoms with Gasteiger partial charge in [0.2, 0.25) is 5.91 Å². The van der Waals surface area contributed by atoms with Crippen LogP contribution in [-0.4, -0.2) is 70.0 Å². The Labute approximate surface area is 168 Å². The van der Waals surface area contributed by atoms with Crippen LogP contribution in [0, 0.1) is 0 Å². The highest BCUT2D eigenvalue weighted by molar-refractivity contribution is 5.92. The standard InChI is InChI=1S/C20H28F3N3O3/c1-25-7-9-26(10-8-25)15-4-5-18(17(13-15)20(21,22)23)24-19(27)6-12-28-14-16-3-2-11-29-16/h4-5,13,16H,2-3,6-12,14H2,1H3,(H,24,27). The van der Waals surface area contributed by atoms with Gasteiger partial charge < -0.3 is 24.6 Å². The van der Waals surface area contributed by atoms with Gasteiger partial charge in [0.05, 0.1) is 37.0 Å². The second-order valence-corrected chi connectivity index (χ2v) is 7.53. The van der Waals surface area contributed by atoms with Crippen molar-refractivity contribution < 1.29 is 27.4 Å². The molecule has 0 bridgehead atoms. The lowest BCUT2D eigenvalue weighted by Crippen LogP contribution is -2.44. The molecule has 2 heterocycles. The van der Waals surface area contributed by atoms with Gasteiger partial charge in [-0.1, -0.05) is 0 Å². The second-order valence-electron chi connectivity index (χ2n) is 7.53. The quantitative estimate of drug-likeness (QED) is 0.694. The third-order valence-electron chi connectivity index (χ3n) is 5.25. The fraction of sp³-hybridized carbons (Fsp3) is 0.650. The Balaban J connectivity index is 1.57. The van der Waals surface area contributed by atoms with Gasteiger partial charge in [0.1, 0.15) is 0 Å². The summed E-state index contributed by atoms with van der Waals surface area (Å²) in [5.74, 6) is -0.504. The van der Waals surface area contributed by atoms with E-state index in [0.29, 0.717) is 25.4 Å². The van der Waals surface area contributed by atoms with Crippen LogP contribution >= 0.6 is 0 Å². The fourth-order valence-corrected chi connectivity index (χ4v) is 3.51. The Bertz CT molecular complexity index is 685. The zero-order valence-corrected chi connectivity index (χ0v) is 16.6. The molecular formula is C20H28F3N3O3. The lowest BCUT2D eigenvalue weighted by molar-refractivity contribution is -0.136. The van der Waals surface area contributed by atoms with Gasteiger partial charge in [0.25, 0.3) is 0 Å². The minimum Gasteiger partial charge on any atom is -0.378 e. The Hall–Kier alpha value is -1.84. The number of piperazine rings is 1. The first kappa shape index (κ1) is 21.9. The minimum absolute atomic E-state index is 0.00969. The van der Waals surface area contributed by atoms with Crippen LogP contribution in [0.5, 0.6) is 0 Å². The van der Waals surface area contributed by atoms with Crippen LogP contribution in [0.3, 0.4) is 0 Å². The molecule has 1 amide bonds. The molecule has 1 unspecified atom stereocenters. The van der Waals surface area contributed by atoms with Gasteiger partial charge in [-0.05, 0) is 38.1 Å². The van der Waals surface area contributed by atoms with E-state index in [0.717, 1.165) is 38.6 Å². The summed E-state index contributed by atoms with van der Waals surface area (Å²) in [6, 6.07) is 4.08. The van der Waals surface area contributed by atoms with E-state index in [2.05, 4.69) is 10.2 Å². The molecular weight excluding hydrogens is 387 g/mol. The Morgan fingerprint density at radius 2 is 2.03 bits per heavy atom. The summed E-state index contributed by atoms with van der Waals surface area (Å²) in [5, 5.41) is 2.39. The Morgan fingerprint density at radius 3 is 2.69 bits per heavy atom. The Kier molecular flexibility index (Phi) is 7.37. The first-order valence-electron chi connectivity index (χ1n) is 9.97. The molecule has 6 nitrogen and oxygen atoms in total. The van der Waals surface area contributed by atoms with Crippen molar-refractivity contribution in [1.82, 2.24) is 4.90 Å². The molecule has 0 spiro atoms. The third kappa shape index (κ3) is 6.32. The third-order valence-corrected chi connectivity index (χ3v) is 5.25. The van der Waals surface area contributed by atoms with E-state index in [-0.39, 0.29) is 24.8 Å². The van der Waals surface area contributed by atoms with Crippen LogP contribution < -0.4 is 10.2 Å². The first-order chi connectivity index (χ1) is 13.8. The normalized spacial score (nSPS) is 20.8. The highest BCUT2D eigenvalue weighted by Crippen LogP contribution is 2.37. The van der Waals surface area contributed by atoms with Crippen molar-refractivity contribution in [3.05, 3.63) is 23.8 Å². The smallest absolute Gasteiger partial charge is 0.378 e. The van der Waals surface area contributed by atoms with Crippen molar-refractivity contribution in [2.75, 3.05) is 63.3 Å². The van der Waals surface area contributed by atoms with E-state index in [9.17, 15) is 18.0 Å². The van der Waals surface area contributed by atoms with E-state index in [4.69, 9.17) is 9.47 Å². The average molecular weight is 415 g/mol. The summed E-state index contributed by atoms with van der Waals surface area (Å²) in [6.45, 7) is 4.20. The molecule has 1 aromatic carbocycles. The van der Waals surface area contributed by atoms with Gasteiger partial charge in [0, 0.05) is 38.5 Å². The summed E-state index contributed by atoms with van der Waals surface area (Å²) >= 11 is 0. The van der Waals surface area contributed by atoms with Crippen molar-refractivity contribution in [2.45, 2.75) is 31.5 Å². The van der Waals surface area contributed by atoms with Crippen LogP contribution in [0.4, 0.5) is 24.5 Å². The number of hydrogen-bond acceptors (Lipinski definition) is 5. The summed E-state index contributed by atoms with van der Waals surface area (Å²) in [7, 11) is 1.99. The molecule has 2 aliphatic rings. The Morgan fingerprint density at radius 1 is 1.28 bits per heavy atom. The average Bonchev–Trinajstić information content (AvgIpc) is 3.19. The maximum absolute atomic E-state index is 13.6. The van der Waals surface area contributed by atoms with Gasteiger partial charge in [-0.15, -0.1) is 0 Å². The molecule has 0 radical (unpaired) electrons. The SMILES string of the molecule is CN1CCN(c2ccc(NC(=O)CCOCC3CCCO3)c(C(F)(F)F)c2)CC1. The van der Waals surface area contributed by atoms with Crippen LogP contribution in [-0.2, 0) is 20.4 Å². The van der Waals surface area contributed by atoms with Gasteiger partial charge in [-0.25, -0.2) is 0 Å². The molecule has 1 aromatic rings. The number of hydrogen-bond donors (Lipinski definition) is 1. The van der Waals surface area contributed by atoms with Crippen molar-refractivity contribution in [3.63, 3.8) is 0 Å². The number of rotatable bonds is 7. The number of ether oxygens (including phenoxy) is 2. The maximum atomic E-state index is 13.6. The molecule has 29 heavy (non-hydrogen) atoms. The van der Waals surface area contributed by atoms with Gasteiger partial charge >= 0.3 is 6.18 Å². The van der Waals surface area contributed by atoms with E-state index >= 15 is 0 Å². The molecule has 9 heteroatoms. The molecule has 1 atom stereocenters. The van der Waals surface area contributed by atoms with E-state index in [1.165, 1.54) is 6.07 Å². The van der Waals surface area contributed by atoms with Crippen molar-refractivity contribution in [1.29, 1.82) is 0 Å². The number of halogens is 3. The predicted molar refractivity (Wildman–Crippen MR) is 104 cm³/mol. The lowest BCUT2D eigenvalue weighted by atomic mass is 10.1. The van der Waals surface area contributed by atoms with E-state index in [1.54, 1.807) is 6.07 Å². The molecule has 162 valence electrons. The number of likely N-dealkylation sites (N-methyl/N-ethyl adjacent to an activating group) is 1. The summed E-state index contributed by atoms with van der Waals surface area (Å²) in [4.78, 5) is 16.2. The number of alkyl halides is 3. The van der Waals surface area contributed by atoms with Crippen molar-refractivity contribution in [2.24, 2.45) is 0 Å². The lowest BCUT2D eigenvalue weighted by Gasteiger charge is -2.34. The fourth-order valence-electron chi connectivity index (χ4n) is 3.51. The molecule has 3 rings (SSSR count). The first-order valence-corrected chi connectivity index (χ1v) is 9.97. The van der Waals surface area contributed by atoms with Gasteiger partial charge in [0.15, 0.2) is 0 Å². The molecule has 0 aromatic heterocycles.